The van der Waals surface area contributed by atoms with Crippen molar-refractivity contribution < 1.29 is 9.90 Å². The second-order valence-corrected chi connectivity index (χ2v) is 5.44. The second-order valence-electron chi connectivity index (χ2n) is 4.41. The van der Waals surface area contributed by atoms with E-state index in [4.69, 9.17) is 5.11 Å². The summed E-state index contributed by atoms with van der Waals surface area (Å²) in [7, 11) is 0. The van der Waals surface area contributed by atoms with Gasteiger partial charge in [-0.2, -0.15) is 0 Å². The van der Waals surface area contributed by atoms with Crippen molar-refractivity contribution >= 4 is 39.0 Å². The summed E-state index contributed by atoms with van der Waals surface area (Å²) in [6.45, 7) is 2.76. The summed E-state index contributed by atoms with van der Waals surface area (Å²) < 4.78 is 0. The Labute approximate surface area is 125 Å². The van der Waals surface area contributed by atoms with E-state index in [-0.39, 0.29) is 4.88 Å². The van der Waals surface area contributed by atoms with E-state index in [0.717, 1.165) is 23.4 Å². The number of para-hydroxylation sites is 1. The highest BCUT2D eigenvalue weighted by Crippen LogP contribution is 2.33. The summed E-state index contributed by atoms with van der Waals surface area (Å²) in [6.07, 6.45) is 1.48. The van der Waals surface area contributed by atoms with Crippen LogP contribution in [0, 0.1) is 0 Å². The number of benzene rings is 1. The molecule has 2 aromatic heterocycles. The maximum Gasteiger partial charge on any atom is 0.345 e. The molecule has 0 unspecified atom stereocenters. The van der Waals surface area contributed by atoms with Crippen LogP contribution >= 0.6 is 11.3 Å². The minimum atomic E-state index is -0.938. The normalized spacial score (nSPS) is 10.7. The predicted molar refractivity (Wildman–Crippen MR) is 83.5 cm³/mol. The Morgan fingerprint density at radius 1 is 1.29 bits per heavy atom. The van der Waals surface area contributed by atoms with Gasteiger partial charge in [0.2, 0.25) is 0 Å². The number of hydrogen-bond acceptors (Lipinski definition) is 5. The van der Waals surface area contributed by atoms with Crippen molar-refractivity contribution in [3.05, 3.63) is 47.6 Å². The van der Waals surface area contributed by atoms with Crippen molar-refractivity contribution in [2.75, 3.05) is 11.4 Å². The first-order valence-electron chi connectivity index (χ1n) is 6.51. The molecule has 0 amide bonds. The van der Waals surface area contributed by atoms with E-state index in [2.05, 4.69) is 9.97 Å². The van der Waals surface area contributed by atoms with Gasteiger partial charge in [-0.15, -0.1) is 11.3 Å². The molecule has 0 aliphatic carbocycles. The lowest BCUT2D eigenvalue weighted by Crippen LogP contribution is -2.17. The fourth-order valence-electron chi connectivity index (χ4n) is 2.23. The summed E-state index contributed by atoms with van der Waals surface area (Å²) in [5, 5.41) is 9.91. The Balaban J connectivity index is 2.16. The van der Waals surface area contributed by atoms with Gasteiger partial charge in [0.25, 0.3) is 0 Å². The highest BCUT2D eigenvalue weighted by molar-refractivity contribution is 7.20. The average Bonchev–Trinajstić information content (AvgIpc) is 2.94. The molecule has 0 fully saturated rings. The molecule has 2 heterocycles. The lowest BCUT2D eigenvalue weighted by Gasteiger charge is -2.22. The summed E-state index contributed by atoms with van der Waals surface area (Å²) in [5.74, 6) is -0.204. The van der Waals surface area contributed by atoms with Crippen LogP contribution in [0.4, 0.5) is 11.5 Å². The molecule has 0 saturated heterocycles. The first kappa shape index (κ1) is 13.5. The topological polar surface area (TPSA) is 66.3 Å². The molecule has 106 valence electrons. The van der Waals surface area contributed by atoms with Gasteiger partial charge >= 0.3 is 5.97 Å². The van der Waals surface area contributed by atoms with Crippen LogP contribution < -0.4 is 4.90 Å². The van der Waals surface area contributed by atoms with E-state index in [1.807, 2.05) is 42.2 Å². The number of fused-ring (bicyclic) bond motifs is 1. The van der Waals surface area contributed by atoms with E-state index < -0.39 is 5.97 Å². The summed E-state index contributed by atoms with van der Waals surface area (Å²) in [4.78, 5) is 22.7. The van der Waals surface area contributed by atoms with Crippen LogP contribution in [0.25, 0.3) is 10.2 Å². The van der Waals surface area contributed by atoms with Crippen LogP contribution in [0.2, 0.25) is 0 Å². The first-order chi connectivity index (χ1) is 10.2. The molecule has 3 aromatic rings. The molecular formula is C15H13N3O2S. The van der Waals surface area contributed by atoms with Crippen molar-refractivity contribution in [3.63, 3.8) is 0 Å². The van der Waals surface area contributed by atoms with Crippen molar-refractivity contribution in [2.45, 2.75) is 6.92 Å². The third-order valence-electron chi connectivity index (χ3n) is 3.16. The van der Waals surface area contributed by atoms with E-state index >= 15 is 0 Å². The molecule has 3 rings (SSSR count). The molecule has 0 atom stereocenters. The maximum atomic E-state index is 11.1. The van der Waals surface area contributed by atoms with Crippen molar-refractivity contribution in [2.24, 2.45) is 0 Å². The van der Waals surface area contributed by atoms with Crippen molar-refractivity contribution in [1.29, 1.82) is 0 Å². The molecule has 0 spiro atoms. The van der Waals surface area contributed by atoms with Gasteiger partial charge in [0.1, 0.15) is 21.9 Å². The van der Waals surface area contributed by atoms with Gasteiger partial charge in [0.05, 0.1) is 5.39 Å². The van der Waals surface area contributed by atoms with Crippen LogP contribution in [-0.2, 0) is 0 Å². The van der Waals surface area contributed by atoms with Gasteiger partial charge in [-0.3, -0.25) is 0 Å². The minimum absolute atomic E-state index is 0.274. The van der Waals surface area contributed by atoms with Crippen molar-refractivity contribution in [3.8, 4) is 0 Å². The van der Waals surface area contributed by atoms with Gasteiger partial charge in [-0.05, 0) is 25.1 Å². The highest BCUT2D eigenvalue weighted by Gasteiger charge is 2.17. The number of aromatic nitrogens is 2. The lowest BCUT2D eigenvalue weighted by atomic mass is 10.2. The molecule has 0 saturated carbocycles. The molecule has 1 N–H and O–H groups in total. The number of carboxylic acid groups (broad SMARTS) is 1. The first-order valence-corrected chi connectivity index (χ1v) is 7.32. The maximum absolute atomic E-state index is 11.1. The molecule has 0 radical (unpaired) electrons. The van der Waals surface area contributed by atoms with Crippen LogP contribution in [0.5, 0.6) is 0 Å². The number of thiophene rings is 1. The third-order valence-corrected chi connectivity index (χ3v) is 4.19. The molecular weight excluding hydrogens is 286 g/mol. The zero-order chi connectivity index (χ0) is 14.8. The summed E-state index contributed by atoms with van der Waals surface area (Å²) in [6, 6.07) is 11.5. The summed E-state index contributed by atoms with van der Waals surface area (Å²) in [5.41, 5.74) is 1.02. The Morgan fingerprint density at radius 3 is 2.71 bits per heavy atom. The minimum Gasteiger partial charge on any atom is -0.477 e. The molecule has 6 heteroatoms. The van der Waals surface area contributed by atoms with Crippen molar-refractivity contribution in [1.82, 2.24) is 9.97 Å². The Bertz CT molecular complexity index is 786. The zero-order valence-electron chi connectivity index (χ0n) is 11.4. The van der Waals surface area contributed by atoms with E-state index in [0.29, 0.717) is 4.83 Å². The SMILES string of the molecule is CCN(c1ccccc1)c1ncnc2sc(C(=O)O)cc12. The number of nitrogens with zero attached hydrogens (tertiary/aromatic N) is 3. The summed E-state index contributed by atoms with van der Waals surface area (Å²) >= 11 is 1.17. The van der Waals surface area contributed by atoms with Gasteiger partial charge in [-0.1, -0.05) is 18.2 Å². The number of aromatic carboxylic acids is 1. The van der Waals surface area contributed by atoms with Crippen LogP contribution in [0.1, 0.15) is 16.6 Å². The number of carbonyl (C=O) groups is 1. The van der Waals surface area contributed by atoms with Gasteiger partial charge < -0.3 is 10.0 Å². The van der Waals surface area contributed by atoms with Crippen LogP contribution in [0.15, 0.2) is 42.7 Å². The zero-order valence-corrected chi connectivity index (χ0v) is 12.2. The van der Waals surface area contributed by atoms with Gasteiger partial charge in [0, 0.05) is 12.2 Å². The van der Waals surface area contributed by atoms with E-state index in [9.17, 15) is 4.79 Å². The number of hydrogen-bond donors (Lipinski definition) is 1. The third kappa shape index (κ3) is 2.45. The standard InChI is InChI=1S/C15H13N3O2S/c1-2-18(10-6-4-3-5-7-10)13-11-8-12(15(19)20)21-14(11)17-9-16-13/h3-9H,2H2,1H3,(H,19,20). The van der Waals surface area contributed by atoms with E-state index in [1.165, 1.54) is 17.7 Å². The average molecular weight is 299 g/mol. The smallest absolute Gasteiger partial charge is 0.345 e. The number of anilines is 2. The largest absolute Gasteiger partial charge is 0.477 e. The molecule has 5 nitrogen and oxygen atoms in total. The molecule has 0 aliphatic heterocycles. The monoisotopic (exact) mass is 299 g/mol. The molecule has 21 heavy (non-hydrogen) atoms. The Hall–Kier alpha value is -2.47. The van der Waals surface area contributed by atoms with Gasteiger partial charge in [-0.25, -0.2) is 14.8 Å². The second kappa shape index (κ2) is 5.49. The molecule has 0 bridgehead atoms. The highest BCUT2D eigenvalue weighted by atomic mass is 32.1. The van der Waals surface area contributed by atoms with Crippen LogP contribution in [-0.4, -0.2) is 27.6 Å². The number of rotatable bonds is 4. The predicted octanol–water partition coefficient (Wildman–Crippen LogP) is 3.55. The quantitative estimate of drug-likeness (QED) is 0.798. The lowest BCUT2D eigenvalue weighted by molar-refractivity contribution is 0.0702. The van der Waals surface area contributed by atoms with Crippen LogP contribution in [0.3, 0.4) is 0 Å². The fourth-order valence-corrected chi connectivity index (χ4v) is 3.06. The molecule has 1 aromatic carbocycles. The molecule has 0 aliphatic rings. The number of carboxylic acids is 1. The Kier molecular flexibility index (Phi) is 3.53. The van der Waals surface area contributed by atoms with Gasteiger partial charge in [0.15, 0.2) is 0 Å². The fraction of sp³-hybridized carbons (Fsp3) is 0.133. The Morgan fingerprint density at radius 2 is 2.05 bits per heavy atom. The van der Waals surface area contributed by atoms with E-state index in [1.54, 1.807) is 6.07 Å².